The summed E-state index contributed by atoms with van der Waals surface area (Å²) in [5.41, 5.74) is 1.23. The topological polar surface area (TPSA) is 27.7 Å². The van der Waals surface area contributed by atoms with Crippen LogP contribution in [0.5, 0.6) is 17.2 Å². The Morgan fingerprint density at radius 2 is 1.30 bits per heavy atom. The summed E-state index contributed by atoms with van der Waals surface area (Å²) in [6.07, 6.45) is 11.1. The predicted molar refractivity (Wildman–Crippen MR) is 97.0 cm³/mol. The third-order valence-electron chi connectivity index (χ3n) is 4.05. The van der Waals surface area contributed by atoms with Crippen molar-refractivity contribution in [2.75, 3.05) is 20.8 Å². The summed E-state index contributed by atoms with van der Waals surface area (Å²) < 4.78 is 16.9. The van der Waals surface area contributed by atoms with Gasteiger partial charge in [0.2, 0.25) is 5.75 Å². The van der Waals surface area contributed by atoms with Crippen molar-refractivity contribution in [1.29, 1.82) is 0 Å². The maximum atomic E-state index is 5.96. The molecule has 3 nitrogen and oxygen atoms in total. The fraction of sp³-hybridized carbons (Fsp3) is 0.700. The zero-order valence-electron chi connectivity index (χ0n) is 15.5. The van der Waals surface area contributed by atoms with E-state index in [9.17, 15) is 0 Å². The molecule has 23 heavy (non-hydrogen) atoms. The quantitative estimate of drug-likeness (QED) is 0.430. The monoisotopic (exact) mass is 322 g/mol. The Morgan fingerprint density at radius 3 is 1.83 bits per heavy atom. The van der Waals surface area contributed by atoms with E-state index in [-0.39, 0.29) is 0 Å². The number of benzene rings is 1. The largest absolute Gasteiger partial charge is 0.493 e. The first-order valence-corrected chi connectivity index (χ1v) is 9.14. The molecule has 1 rings (SSSR count). The number of ether oxygens (including phenoxy) is 3. The van der Waals surface area contributed by atoms with Crippen LogP contribution in [0.15, 0.2) is 12.1 Å². The molecule has 3 heteroatoms. The molecule has 1 aromatic rings. The van der Waals surface area contributed by atoms with Crippen LogP contribution in [0.1, 0.15) is 70.8 Å². The van der Waals surface area contributed by atoms with Gasteiger partial charge in [0, 0.05) is 0 Å². The van der Waals surface area contributed by atoms with Gasteiger partial charge < -0.3 is 14.2 Å². The number of aryl methyl sites for hydroxylation is 1. The van der Waals surface area contributed by atoms with Crippen molar-refractivity contribution in [3.05, 3.63) is 17.7 Å². The molecular formula is C20H34O3. The van der Waals surface area contributed by atoms with Gasteiger partial charge in [-0.2, -0.15) is 0 Å². The zero-order valence-corrected chi connectivity index (χ0v) is 15.5. The smallest absolute Gasteiger partial charge is 0.203 e. The van der Waals surface area contributed by atoms with Gasteiger partial charge in [0.1, 0.15) is 0 Å². The van der Waals surface area contributed by atoms with E-state index in [1.807, 2.05) is 0 Å². The average Bonchev–Trinajstić information content (AvgIpc) is 2.57. The average molecular weight is 322 g/mol. The maximum absolute atomic E-state index is 5.96. The van der Waals surface area contributed by atoms with Gasteiger partial charge >= 0.3 is 0 Å². The molecule has 0 heterocycles. The Morgan fingerprint density at radius 1 is 0.739 bits per heavy atom. The second-order valence-corrected chi connectivity index (χ2v) is 6.05. The Kier molecular flexibility index (Phi) is 10.3. The fourth-order valence-electron chi connectivity index (χ4n) is 2.74. The van der Waals surface area contributed by atoms with Crippen molar-refractivity contribution in [3.63, 3.8) is 0 Å². The maximum Gasteiger partial charge on any atom is 0.203 e. The number of unbranched alkanes of at least 4 members (excludes halogenated alkanes) is 6. The SMILES string of the molecule is CCCCCCCCCOc1c(OC)cc(CCC)cc1OC. The summed E-state index contributed by atoms with van der Waals surface area (Å²) in [5, 5.41) is 0. The molecule has 0 atom stereocenters. The van der Waals surface area contributed by atoms with Gasteiger partial charge in [0.05, 0.1) is 20.8 Å². The molecule has 0 aromatic heterocycles. The first-order valence-electron chi connectivity index (χ1n) is 9.14. The molecule has 0 bridgehead atoms. The molecule has 0 saturated carbocycles. The first-order chi connectivity index (χ1) is 11.3. The minimum Gasteiger partial charge on any atom is -0.493 e. The van der Waals surface area contributed by atoms with Gasteiger partial charge in [-0.1, -0.05) is 58.8 Å². The molecule has 0 aliphatic heterocycles. The van der Waals surface area contributed by atoms with Crippen LogP contribution in [0, 0.1) is 0 Å². The summed E-state index contributed by atoms with van der Waals surface area (Å²) in [7, 11) is 3.37. The highest BCUT2D eigenvalue weighted by atomic mass is 16.5. The summed E-state index contributed by atoms with van der Waals surface area (Å²) >= 11 is 0. The third kappa shape index (κ3) is 7.15. The Balaban J connectivity index is 2.48. The summed E-state index contributed by atoms with van der Waals surface area (Å²) in [5.74, 6) is 2.28. The molecule has 0 saturated heterocycles. The van der Waals surface area contributed by atoms with E-state index in [0.29, 0.717) is 6.61 Å². The van der Waals surface area contributed by atoms with Crippen LogP contribution in [0.4, 0.5) is 0 Å². The molecule has 0 amide bonds. The number of hydrogen-bond donors (Lipinski definition) is 0. The van der Waals surface area contributed by atoms with E-state index in [0.717, 1.165) is 36.5 Å². The first kappa shape index (κ1) is 19.7. The molecule has 0 spiro atoms. The second-order valence-electron chi connectivity index (χ2n) is 6.05. The summed E-state index contributed by atoms with van der Waals surface area (Å²) in [6, 6.07) is 4.12. The van der Waals surface area contributed by atoms with Gasteiger partial charge in [-0.3, -0.25) is 0 Å². The Hall–Kier alpha value is -1.38. The zero-order chi connectivity index (χ0) is 16.9. The van der Waals surface area contributed by atoms with Gasteiger partial charge in [0.15, 0.2) is 11.5 Å². The van der Waals surface area contributed by atoms with Gasteiger partial charge in [-0.25, -0.2) is 0 Å². The van der Waals surface area contributed by atoms with Gasteiger partial charge in [-0.05, 0) is 30.5 Å². The fourth-order valence-corrected chi connectivity index (χ4v) is 2.74. The highest BCUT2D eigenvalue weighted by Gasteiger charge is 2.13. The molecule has 0 N–H and O–H groups in total. The van der Waals surface area contributed by atoms with Crippen molar-refractivity contribution in [2.24, 2.45) is 0 Å². The summed E-state index contributed by atoms with van der Waals surface area (Å²) in [4.78, 5) is 0. The van der Waals surface area contributed by atoms with Crippen LogP contribution in [0.2, 0.25) is 0 Å². The highest BCUT2D eigenvalue weighted by Crippen LogP contribution is 2.39. The second kappa shape index (κ2) is 12.1. The van der Waals surface area contributed by atoms with Crippen molar-refractivity contribution < 1.29 is 14.2 Å². The molecule has 0 aliphatic carbocycles. The molecule has 132 valence electrons. The van der Waals surface area contributed by atoms with Crippen LogP contribution in [-0.4, -0.2) is 20.8 Å². The number of hydrogen-bond acceptors (Lipinski definition) is 3. The van der Waals surface area contributed by atoms with E-state index in [1.54, 1.807) is 14.2 Å². The lowest BCUT2D eigenvalue weighted by Gasteiger charge is -2.16. The van der Waals surface area contributed by atoms with Crippen LogP contribution in [0.25, 0.3) is 0 Å². The lowest BCUT2D eigenvalue weighted by atomic mass is 10.1. The van der Waals surface area contributed by atoms with Crippen molar-refractivity contribution in [3.8, 4) is 17.2 Å². The van der Waals surface area contributed by atoms with Gasteiger partial charge in [0.25, 0.3) is 0 Å². The number of rotatable bonds is 13. The minimum absolute atomic E-state index is 0.716. The van der Waals surface area contributed by atoms with E-state index < -0.39 is 0 Å². The summed E-state index contributed by atoms with van der Waals surface area (Å²) in [6.45, 7) is 5.14. The van der Waals surface area contributed by atoms with E-state index >= 15 is 0 Å². The third-order valence-corrected chi connectivity index (χ3v) is 4.05. The molecule has 1 aromatic carbocycles. The van der Waals surface area contributed by atoms with E-state index in [4.69, 9.17) is 14.2 Å². The van der Waals surface area contributed by atoms with Crippen molar-refractivity contribution >= 4 is 0 Å². The molecule has 0 aliphatic rings. The van der Waals surface area contributed by atoms with E-state index in [1.165, 1.54) is 44.1 Å². The van der Waals surface area contributed by atoms with Crippen molar-refractivity contribution in [2.45, 2.75) is 71.6 Å². The van der Waals surface area contributed by atoms with Gasteiger partial charge in [-0.15, -0.1) is 0 Å². The lowest BCUT2D eigenvalue weighted by Crippen LogP contribution is -2.02. The standard InChI is InChI=1S/C20H34O3/c1-5-7-8-9-10-11-12-14-23-20-18(21-3)15-17(13-6-2)16-19(20)22-4/h15-16H,5-14H2,1-4H3. The predicted octanol–water partition coefficient (Wildman–Crippen LogP) is 5.79. The normalized spacial score (nSPS) is 10.6. The number of methoxy groups -OCH3 is 2. The molecule has 0 fully saturated rings. The molecular weight excluding hydrogens is 288 g/mol. The lowest BCUT2D eigenvalue weighted by molar-refractivity contribution is 0.267. The van der Waals surface area contributed by atoms with Crippen LogP contribution >= 0.6 is 0 Å². The van der Waals surface area contributed by atoms with Crippen molar-refractivity contribution in [1.82, 2.24) is 0 Å². The van der Waals surface area contributed by atoms with E-state index in [2.05, 4.69) is 26.0 Å². The van der Waals surface area contributed by atoms with Crippen LogP contribution in [-0.2, 0) is 6.42 Å². The Labute approximate surface area is 142 Å². The Bertz CT molecular complexity index is 404. The van der Waals surface area contributed by atoms with Crippen LogP contribution < -0.4 is 14.2 Å². The minimum atomic E-state index is 0.716. The van der Waals surface area contributed by atoms with Crippen LogP contribution in [0.3, 0.4) is 0 Å². The highest BCUT2D eigenvalue weighted by molar-refractivity contribution is 5.53. The molecule has 0 unspecified atom stereocenters. The molecule has 0 radical (unpaired) electrons.